The van der Waals surface area contributed by atoms with E-state index in [9.17, 15) is 12.9 Å². The molecule has 0 aliphatic carbocycles. The molecule has 0 aromatic heterocycles. The van der Waals surface area contributed by atoms with Gasteiger partial charge in [-0.05, 0) is 20.8 Å². The van der Waals surface area contributed by atoms with Crippen LogP contribution in [-0.2, 0) is 48.2 Å². The molecule has 9 heteroatoms. The Kier molecular flexibility index (Phi) is 10.4. The molecule has 0 aliphatic heterocycles. The van der Waals surface area contributed by atoms with Gasteiger partial charge in [0.1, 0.15) is 11.2 Å². The van der Waals surface area contributed by atoms with Crippen LogP contribution in [0, 0.1) is 5.41 Å². The Hall–Kier alpha value is -0.506. The Labute approximate surface area is 144 Å². The van der Waals surface area contributed by atoms with Crippen molar-refractivity contribution in [2.45, 2.75) is 73.5 Å². The van der Waals surface area contributed by atoms with Crippen molar-refractivity contribution in [1.29, 1.82) is 0 Å². The van der Waals surface area contributed by atoms with Gasteiger partial charge in [0.2, 0.25) is 0 Å². The molecule has 1 N–H and O–H groups in total. The van der Waals surface area contributed by atoms with Gasteiger partial charge in [0.05, 0.1) is 0 Å². The van der Waals surface area contributed by atoms with Crippen molar-refractivity contribution in [2.75, 3.05) is 0 Å². The molecule has 0 rings (SSSR count). The molecule has 0 heterocycles. The molecule has 136 valence electrons. The van der Waals surface area contributed by atoms with Crippen LogP contribution in [0.2, 0.25) is 0 Å². The third kappa shape index (κ3) is 14.8. The summed E-state index contributed by atoms with van der Waals surface area (Å²) in [7, 11) is 0. The number of aliphatic carboxylic acids is 1. The average Bonchev–Trinajstić information content (AvgIpc) is 2.32. The van der Waals surface area contributed by atoms with Crippen molar-refractivity contribution >= 4 is 11.8 Å². The molecule has 0 spiro atoms. The summed E-state index contributed by atoms with van der Waals surface area (Å²) in [4.78, 5) is 30.4. The normalized spacial score (nSPS) is 12.2. The maximum atomic E-state index is 11.1. The first-order valence-corrected chi connectivity index (χ1v) is 8.90. The summed E-state index contributed by atoms with van der Waals surface area (Å²) in [6.45, 7) is 14.7. The molecule has 23 heavy (non-hydrogen) atoms. The Morgan fingerprint density at radius 3 is 1.26 bits per heavy atom. The van der Waals surface area contributed by atoms with Crippen LogP contribution < -0.4 is 0 Å². The van der Waals surface area contributed by atoms with Gasteiger partial charge in [0.25, 0.3) is 0 Å². The number of carboxylic acids is 1. The molecule has 0 bridgehead atoms. The second-order valence-electron chi connectivity index (χ2n) is 7.29. The second kappa shape index (κ2) is 9.71. The minimum atomic E-state index is -3.36. The van der Waals surface area contributed by atoms with E-state index in [4.69, 9.17) is 14.9 Å². The third-order valence-electron chi connectivity index (χ3n) is 2.13. The first-order valence-electron chi connectivity index (χ1n) is 6.99. The molecule has 0 fully saturated rings. The van der Waals surface area contributed by atoms with E-state index >= 15 is 0 Å². The van der Waals surface area contributed by atoms with E-state index in [-0.39, 0.29) is 5.78 Å². The summed E-state index contributed by atoms with van der Waals surface area (Å²) < 4.78 is 20.2. The van der Waals surface area contributed by atoms with Crippen LogP contribution in [0.5, 0.6) is 0 Å². The van der Waals surface area contributed by atoms with E-state index < -0.39 is 41.2 Å². The number of carbonyl (C=O) groups is 2. The number of carbonyl (C=O) groups excluding carboxylic acids is 1. The fourth-order valence-corrected chi connectivity index (χ4v) is 1.52. The van der Waals surface area contributed by atoms with Crippen LogP contribution in [0.3, 0.4) is 0 Å². The molecule has 0 atom stereocenters. The molecule has 8 nitrogen and oxygen atoms in total. The Morgan fingerprint density at radius 1 is 0.826 bits per heavy atom. The van der Waals surface area contributed by atoms with Gasteiger partial charge in [-0.1, -0.05) is 0 Å². The zero-order valence-electron chi connectivity index (χ0n) is 15.3. The van der Waals surface area contributed by atoms with Crippen LogP contribution >= 0.6 is 0 Å². The summed E-state index contributed by atoms with van der Waals surface area (Å²) >= 11 is -3.36. The predicted molar refractivity (Wildman–Crippen MR) is 76.6 cm³/mol. The summed E-state index contributed by atoms with van der Waals surface area (Å²) in [5, 5.41) is 8.39. The molecule has 0 aromatic carbocycles. The van der Waals surface area contributed by atoms with Crippen molar-refractivity contribution in [1.82, 2.24) is 0 Å². The topological polar surface area (TPSA) is 108 Å². The van der Waals surface area contributed by atoms with Crippen LogP contribution in [0.4, 0.5) is 0 Å². The molecule has 0 aliphatic rings. The summed E-state index contributed by atoms with van der Waals surface area (Å²) in [5.41, 5.74) is -2.23. The third-order valence-corrected chi connectivity index (χ3v) is 2.82. The number of hydrogen-bond acceptors (Lipinski definition) is 7. The first kappa shape index (κ1) is 24.7. The maximum absolute atomic E-state index is 11.1. The SMILES string of the molecule is CC(=O)C(C)(C)C(=O)O.CC(C)(C)O[O][Ti](=[O])[O]OC(C)(C)C. The minimum absolute atomic E-state index is 0.324. The predicted octanol–water partition coefficient (Wildman–Crippen LogP) is 2.96. The Morgan fingerprint density at radius 2 is 1.13 bits per heavy atom. The van der Waals surface area contributed by atoms with Gasteiger partial charge in [-0.25, -0.2) is 0 Å². The zero-order valence-corrected chi connectivity index (χ0v) is 16.9. The summed E-state index contributed by atoms with van der Waals surface area (Å²) in [6, 6.07) is 0. The fraction of sp³-hybridized carbons (Fsp3) is 0.857. The van der Waals surface area contributed by atoms with E-state index in [1.807, 2.05) is 0 Å². The van der Waals surface area contributed by atoms with Crippen molar-refractivity contribution in [3.63, 3.8) is 0 Å². The molecule has 0 saturated carbocycles. The van der Waals surface area contributed by atoms with Crippen LogP contribution in [0.15, 0.2) is 0 Å². The van der Waals surface area contributed by atoms with Crippen molar-refractivity contribution in [2.24, 2.45) is 5.41 Å². The van der Waals surface area contributed by atoms with Gasteiger partial charge in [-0.15, -0.1) is 0 Å². The molecule has 0 unspecified atom stereocenters. The van der Waals surface area contributed by atoms with Gasteiger partial charge in [0, 0.05) is 0 Å². The van der Waals surface area contributed by atoms with Gasteiger partial charge in [-0.2, -0.15) is 0 Å². The van der Waals surface area contributed by atoms with Gasteiger partial charge in [0.15, 0.2) is 0 Å². The Balaban J connectivity index is 0. The standard InChI is InChI=1S/C6H10O3.2C4H10O2.O.Ti/c1-4(7)6(2,3)5(8)9;2*1-4(2,3)6-5;;/h1-3H3,(H,8,9);2*5H,1-3H3;;/q;;;;+2/p-2. The van der Waals surface area contributed by atoms with E-state index in [2.05, 4.69) is 6.94 Å². The molecule has 0 radical (unpaired) electrons. The average molecular weight is 372 g/mol. The fourth-order valence-electron chi connectivity index (χ4n) is 0.483. The molecular weight excluding hydrogens is 344 g/mol. The molecule has 0 saturated heterocycles. The van der Waals surface area contributed by atoms with E-state index in [1.54, 1.807) is 41.5 Å². The second-order valence-corrected chi connectivity index (χ2v) is 8.60. The number of Topliss-reactive ketones (excluding diaryl/α,β-unsaturated/α-hetero) is 1. The van der Waals surface area contributed by atoms with Gasteiger partial charge < -0.3 is 5.11 Å². The summed E-state index contributed by atoms with van der Waals surface area (Å²) in [6.07, 6.45) is 0. The molecular formula is C14H28O8Ti. The van der Waals surface area contributed by atoms with Crippen molar-refractivity contribution in [3.8, 4) is 0 Å². The van der Waals surface area contributed by atoms with Gasteiger partial charge >= 0.3 is 97.4 Å². The molecule has 0 aromatic rings. The van der Waals surface area contributed by atoms with Crippen molar-refractivity contribution in [3.05, 3.63) is 0 Å². The quantitative estimate of drug-likeness (QED) is 0.328. The Bertz CT molecular complexity index is 381. The van der Waals surface area contributed by atoms with Gasteiger partial charge in [-0.3, -0.25) is 9.59 Å². The number of rotatable bonds is 6. The summed E-state index contributed by atoms with van der Waals surface area (Å²) in [5.74, 6) is -1.40. The van der Waals surface area contributed by atoms with E-state index in [1.165, 1.54) is 20.8 Å². The number of hydrogen-bond donors (Lipinski definition) is 1. The monoisotopic (exact) mass is 372 g/mol. The number of ketones is 1. The van der Waals surface area contributed by atoms with Crippen LogP contribution in [0.1, 0.15) is 62.3 Å². The molecule has 0 amide bonds. The first-order chi connectivity index (χ1) is 9.99. The van der Waals surface area contributed by atoms with Crippen LogP contribution in [-0.4, -0.2) is 28.1 Å². The van der Waals surface area contributed by atoms with E-state index in [0.29, 0.717) is 0 Å². The van der Waals surface area contributed by atoms with Crippen molar-refractivity contribution < 1.29 is 53.3 Å². The number of carboxylic acid groups (broad SMARTS) is 1. The zero-order chi connectivity index (χ0) is 19.1. The van der Waals surface area contributed by atoms with E-state index in [0.717, 1.165) is 0 Å². The van der Waals surface area contributed by atoms with Crippen LogP contribution in [0.25, 0.3) is 0 Å².